The summed E-state index contributed by atoms with van der Waals surface area (Å²) in [6.45, 7) is 0.527. The van der Waals surface area contributed by atoms with Gasteiger partial charge in [0.2, 0.25) is 0 Å². The van der Waals surface area contributed by atoms with Gasteiger partial charge in [-0.15, -0.1) is 0 Å². The maximum Gasteiger partial charge on any atom is 0.251 e. The molecule has 0 radical (unpaired) electrons. The summed E-state index contributed by atoms with van der Waals surface area (Å²) in [6.07, 6.45) is 0. The SMILES string of the molecule is CN(C)[C@@H](CNC(=O)c1cccc(Oc2ccccc2)c1)c1ccccc1. The Labute approximate surface area is 160 Å². The average molecular weight is 360 g/mol. The Morgan fingerprint density at radius 3 is 2.19 bits per heavy atom. The van der Waals surface area contributed by atoms with Crippen LogP contribution in [0.1, 0.15) is 22.0 Å². The molecule has 0 unspecified atom stereocenters. The molecule has 0 aliphatic heterocycles. The number of carbonyl (C=O) groups is 1. The number of rotatable bonds is 7. The van der Waals surface area contributed by atoms with Gasteiger partial charge in [0.1, 0.15) is 11.5 Å². The zero-order chi connectivity index (χ0) is 19.1. The van der Waals surface area contributed by atoms with Crippen molar-refractivity contribution in [2.45, 2.75) is 6.04 Å². The highest BCUT2D eigenvalue weighted by molar-refractivity contribution is 5.94. The van der Waals surface area contributed by atoms with Crippen molar-refractivity contribution in [1.29, 1.82) is 0 Å². The van der Waals surface area contributed by atoms with Crippen LogP contribution in [0.25, 0.3) is 0 Å². The Morgan fingerprint density at radius 2 is 1.52 bits per heavy atom. The molecular weight excluding hydrogens is 336 g/mol. The summed E-state index contributed by atoms with van der Waals surface area (Å²) in [5, 5.41) is 3.03. The fourth-order valence-electron chi connectivity index (χ4n) is 2.89. The number of amides is 1. The summed E-state index contributed by atoms with van der Waals surface area (Å²) in [4.78, 5) is 14.7. The van der Waals surface area contributed by atoms with Gasteiger partial charge in [-0.2, -0.15) is 0 Å². The van der Waals surface area contributed by atoms with E-state index in [2.05, 4.69) is 22.3 Å². The summed E-state index contributed by atoms with van der Waals surface area (Å²) < 4.78 is 5.81. The van der Waals surface area contributed by atoms with Crippen molar-refractivity contribution < 1.29 is 9.53 Å². The third-order valence-corrected chi connectivity index (χ3v) is 4.34. The van der Waals surface area contributed by atoms with Crippen LogP contribution in [0, 0.1) is 0 Å². The van der Waals surface area contributed by atoms with E-state index in [0.29, 0.717) is 17.9 Å². The number of benzene rings is 3. The highest BCUT2D eigenvalue weighted by atomic mass is 16.5. The number of ether oxygens (including phenoxy) is 1. The predicted octanol–water partition coefficient (Wildman–Crippen LogP) is 4.51. The fraction of sp³-hybridized carbons (Fsp3) is 0.174. The molecule has 3 rings (SSSR count). The van der Waals surface area contributed by atoms with Crippen LogP contribution in [-0.4, -0.2) is 31.4 Å². The molecule has 1 amide bonds. The molecule has 0 fully saturated rings. The quantitative estimate of drug-likeness (QED) is 0.674. The number of nitrogens with one attached hydrogen (secondary N) is 1. The number of carbonyl (C=O) groups excluding carboxylic acids is 1. The van der Waals surface area contributed by atoms with Crippen molar-refractivity contribution >= 4 is 5.91 Å². The predicted molar refractivity (Wildman–Crippen MR) is 108 cm³/mol. The van der Waals surface area contributed by atoms with E-state index in [1.54, 1.807) is 12.1 Å². The second kappa shape index (κ2) is 9.01. The van der Waals surface area contributed by atoms with Crippen molar-refractivity contribution in [1.82, 2.24) is 10.2 Å². The van der Waals surface area contributed by atoms with Gasteiger partial charge < -0.3 is 15.0 Å². The fourth-order valence-corrected chi connectivity index (χ4v) is 2.89. The van der Waals surface area contributed by atoms with Crippen LogP contribution in [0.4, 0.5) is 0 Å². The number of hydrogen-bond donors (Lipinski definition) is 1. The lowest BCUT2D eigenvalue weighted by Gasteiger charge is -2.25. The molecular formula is C23H24N2O2. The Balaban J connectivity index is 1.66. The molecule has 0 spiro atoms. The van der Waals surface area contributed by atoms with E-state index in [-0.39, 0.29) is 11.9 Å². The Morgan fingerprint density at radius 1 is 0.889 bits per heavy atom. The van der Waals surface area contributed by atoms with E-state index >= 15 is 0 Å². The second-order valence-corrected chi connectivity index (χ2v) is 6.54. The normalized spacial score (nSPS) is 11.8. The molecule has 1 N–H and O–H groups in total. The molecule has 0 bridgehead atoms. The van der Waals surface area contributed by atoms with Crippen molar-refractivity contribution in [3.05, 3.63) is 96.1 Å². The molecule has 27 heavy (non-hydrogen) atoms. The van der Waals surface area contributed by atoms with Crippen LogP contribution < -0.4 is 10.1 Å². The zero-order valence-corrected chi connectivity index (χ0v) is 15.6. The first kappa shape index (κ1) is 18.7. The monoisotopic (exact) mass is 360 g/mol. The van der Waals surface area contributed by atoms with Crippen LogP contribution in [0.2, 0.25) is 0 Å². The van der Waals surface area contributed by atoms with Gasteiger partial charge in [0.15, 0.2) is 0 Å². The minimum absolute atomic E-state index is 0.110. The van der Waals surface area contributed by atoms with Crippen LogP contribution in [-0.2, 0) is 0 Å². The number of para-hydroxylation sites is 1. The molecule has 0 saturated carbocycles. The Bertz CT molecular complexity index is 864. The van der Waals surface area contributed by atoms with E-state index in [4.69, 9.17) is 4.74 Å². The minimum Gasteiger partial charge on any atom is -0.457 e. The molecule has 4 nitrogen and oxygen atoms in total. The summed E-state index contributed by atoms with van der Waals surface area (Å²) in [7, 11) is 4.02. The maximum atomic E-state index is 12.6. The topological polar surface area (TPSA) is 41.6 Å². The second-order valence-electron chi connectivity index (χ2n) is 6.54. The Hall–Kier alpha value is -3.11. The molecule has 0 aliphatic carbocycles. The molecule has 3 aromatic rings. The number of likely N-dealkylation sites (N-methyl/N-ethyl adjacent to an activating group) is 1. The van der Waals surface area contributed by atoms with Gasteiger partial charge >= 0.3 is 0 Å². The van der Waals surface area contributed by atoms with E-state index in [1.165, 1.54) is 5.56 Å². The van der Waals surface area contributed by atoms with Gasteiger partial charge in [-0.25, -0.2) is 0 Å². The van der Waals surface area contributed by atoms with Crippen LogP contribution in [0.5, 0.6) is 11.5 Å². The maximum absolute atomic E-state index is 12.6. The Kier molecular flexibility index (Phi) is 6.23. The van der Waals surface area contributed by atoms with Gasteiger partial charge in [-0.1, -0.05) is 54.6 Å². The summed E-state index contributed by atoms with van der Waals surface area (Å²) in [6, 6.07) is 27.0. The lowest BCUT2D eigenvalue weighted by Crippen LogP contribution is -2.34. The standard InChI is InChI=1S/C23H24N2O2/c1-25(2)22(18-10-5-3-6-11-18)17-24-23(26)19-12-9-15-21(16-19)27-20-13-7-4-8-14-20/h3-16,22H,17H2,1-2H3,(H,24,26)/t22-/m0/s1. The third-order valence-electron chi connectivity index (χ3n) is 4.34. The molecule has 3 aromatic carbocycles. The molecule has 0 heterocycles. The van der Waals surface area contributed by atoms with Gasteiger partial charge in [-0.05, 0) is 50.0 Å². The van der Waals surface area contributed by atoms with Crippen molar-refractivity contribution in [2.75, 3.05) is 20.6 Å². The van der Waals surface area contributed by atoms with Crippen molar-refractivity contribution in [3.8, 4) is 11.5 Å². The lowest BCUT2D eigenvalue weighted by molar-refractivity contribution is 0.0941. The van der Waals surface area contributed by atoms with Crippen molar-refractivity contribution in [2.24, 2.45) is 0 Å². The summed E-state index contributed by atoms with van der Waals surface area (Å²) in [5.74, 6) is 1.27. The van der Waals surface area contributed by atoms with E-state index < -0.39 is 0 Å². The first-order valence-corrected chi connectivity index (χ1v) is 8.96. The minimum atomic E-state index is -0.115. The number of hydrogen-bond acceptors (Lipinski definition) is 3. The first-order chi connectivity index (χ1) is 13.1. The van der Waals surface area contributed by atoms with Crippen molar-refractivity contribution in [3.63, 3.8) is 0 Å². The van der Waals surface area contributed by atoms with Gasteiger partial charge in [0.05, 0.1) is 6.04 Å². The van der Waals surface area contributed by atoms with Gasteiger partial charge in [0.25, 0.3) is 5.91 Å². The van der Waals surface area contributed by atoms with Crippen LogP contribution >= 0.6 is 0 Å². The summed E-state index contributed by atoms with van der Waals surface area (Å²) in [5.41, 5.74) is 1.75. The van der Waals surface area contributed by atoms with E-state index in [0.717, 1.165) is 5.75 Å². The molecule has 1 atom stereocenters. The highest BCUT2D eigenvalue weighted by Crippen LogP contribution is 2.22. The molecule has 0 aliphatic rings. The van der Waals surface area contributed by atoms with Crippen LogP contribution in [0.3, 0.4) is 0 Å². The number of nitrogens with zero attached hydrogens (tertiary/aromatic N) is 1. The van der Waals surface area contributed by atoms with Gasteiger partial charge in [-0.3, -0.25) is 4.79 Å². The third kappa shape index (κ3) is 5.19. The van der Waals surface area contributed by atoms with Crippen LogP contribution in [0.15, 0.2) is 84.9 Å². The zero-order valence-electron chi connectivity index (χ0n) is 15.6. The molecule has 0 saturated heterocycles. The average Bonchev–Trinajstić information content (AvgIpc) is 2.69. The largest absolute Gasteiger partial charge is 0.457 e. The molecule has 138 valence electrons. The lowest BCUT2D eigenvalue weighted by atomic mass is 10.1. The molecule has 4 heteroatoms. The molecule has 0 aromatic heterocycles. The van der Waals surface area contributed by atoms with E-state index in [9.17, 15) is 4.79 Å². The van der Waals surface area contributed by atoms with Gasteiger partial charge in [0, 0.05) is 12.1 Å². The summed E-state index contributed by atoms with van der Waals surface area (Å²) >= 11 is 0. The first-order valence-electron chi connectivity index (χ1n) is 8.96. The van der Waals surface area contributed by atoms with E-state index in [1.807, 2.05) is 74.8 Å². The smallest absolute Gasteiger partial charge is 0.251 e. The highest BCUT2D eigenvalue weighted by Gasteiger charge is 2.16.